The topological polar surface area (TPSA) is 54.5 Å². The van der Waals surface area contributed by atoms with Crippen molar-refractivity contribution in [2.24, 2.45) is 0 Å². The van der Waals surface area contributed by atoms with Crippen LogP contribution in [-0.2, 0) is 0 Å². The molecule has 96 valence electrons. The Morgan fingerprint density at radius 2 is 2.11 bits per heavy atom. The predicted molar refractivity (Wildman–Crippen MR) is 74.6 cm³/mol. The van der Waals surface area contributed by atoms with Crippen LogP contribution in [0.5, 0.6) is 5.88 Å². The van der Waals surface area contributed by atoms with Crippen molar-refractivity contribution in [2.45, 2.75) is 4.90 Å². The first-order chi connectivity index (χ1) is 9.28. The average Bonchev–Trinajstić information content (AvgIpc) is 2.47. The number of ether oxygens (including phenoxy) is 1. The quantitative estimate of drug-likeness (QED) is 0.854. The fraction of sp³-hybridized carbons (Fsp3) is 0.0769. The van der Waals surface area contributed by atoms with Gasteiger partial charge in [0.1, 0.15) is 0 Å². The predicted octanol–water partition coefficient (Wildman–Crippen LogP) is 3.15. The Kier molecular flexibility index (Phi) is 3.00. The molecule has 0 aliphatic carbocycles. The number of urea groups is 1. The summed E-state index contributed by atoms with van der Waals surface area (Å²) in [6, 6.07) is 11.0. The highest BCUT2D eigenvalue weighted by Crippen LogP contribution is 2.37. The standard InChI is InChI=1S/C13H11N3O2S/c1-18-12-7-6-9(8-14-12)16-13(17)15-10-4-2-3-5-11(10)19-16/h2-8H,1H3,(H,15,17). The van der Waals surface area contributed by atoms with Crippen LogP contribution in [0.3, 0.4) is 0 Å². The van der Waals surface area contributed by atoms with Crippen molar-refractivity contribution in [3.63, 3.8) is 0 Å². The van der Waals surface area contributed by atoms with Crippen LogP contribution in [0.15, 0.2) is 47.5 Å². The average molecular weight is 273 g/mol. The lowest BCUT2D eigenvalue weighted by Crippen LogP contribution is -2.32. The molecule has 0 radical (unpaired) electrons. The number of nitrogens with zero attached hydrogens (tertiary/aromatic N) is 2. The van der Waals surface area contributed by atoms with Crippen LogP contribution in [0.25, 0.3) is 0 Å². The van der Waals surface area contributed by atoms with Crippen molar-refractivity contribution >= 4 is 29.4 Å². The SMILES string of the molecule is COc1ccc(N2Sc3ccccc3NC2=O)cn1. The zero-order valence-corrected chi connectivity index (χ0v) is 11.0. The third-order valence-corrected chi connectivity index (χ3v) is 3.78. The largest absolute Gasteiger partial charge is 0.481 e. The molecule has 2 heterocycles. The Hall–Kier alpha value is -2.21. The van der Waals surface area contributed by atoms with Crippen LogP contribution in [0, 0.1) is 0 Å². The first-order valence-corrected chi connectivity index (χ1v) is 6.43. The number of amides is 2. The van der Waals surface area contributed by atoms with Crippen molar-refractivity contribution in [1.29, 1.82) is 0 Å². The molecule has 0 bridgehead atoms. The Labute approximate surface area is 114 Å². The van der Waals surface area contributed by atoms with Gasteiger partial charge in [0.25, 0.3) is 0 Å². The number of para-hydroxylation sites is 1. The molecule has 0 saturated heterocycles. The maximum Gasteiger partial charge on any atom is 0.336 e. The van der Waals surface area contributed by atoms with E-state index >= 15 is 0 Å². The zero-order chi connectivity index (χ0) is 13.2. The van der Waals surface area contributed by atoms with Crippen molar-refractivity contribution in [2.75, 3.05) is 16.7 Å². The van der Waals surface area contributed by atoms with Gasteiger partial charge in [0.05, 0.1) is 29.6 Å². The van der Waals surface area contributed by atoms with Gasteiger partial charge >= 0.3 is 6.03 Å². The Balaban J connectivity index is 1.91. The summed E-state index contributed by atoms with van der Waals surface area (Å²) in [6.07, 6.45) is 1.61. The lowest BCUT2D eigenvalue weighted by Gasteiger charge is -2.27. The van der Waals surface area contributed by atoms with Crippen molar-refractivity contribution in [3.05, 3.63) is 42.6 Å². The van der Waals surface area contributed by atoms with E-state index in [4.69, 9.17) is 4.74 Å². The molecule has 0 spiro atoms. The maximum atomic E-state index is 12.0. The van der Waals surface area contributed by atoms with E-state index in [9.17, 15) is 4.79 Å². The van der Waals surface area contributed by atoms with Gasteiger partial charge < -0.3 is 10.1 Å². The van der Waals surface area contributed by atoms with E-state index in [2.05, 4.69) is 10.3 Å². The van der Waals surface area contributed by atoms with Crippen LogP contribution in [-0.4, -0.2) is 18.1 Å². The summed E-state index contributed by atoms with van der Waals surface area (Å²) in [7, 11) is 1.56. The minimum absolute atomic E-state index is 0.185. The second-order valence-electron chi connectivity index (χ2n) is 3.87. The number of fused-ring (bicyclic) bond motifs is 1. The molecule has 2 aromatic rings. The highest BCUT2D eigenvalue weighted by Gasteiger charge is 2.25. The number of nitrogens with one attached hydrogen (secondary N) is 1. The number of aromatic nitrogens is 1. The van der Waals surface area contributed by atoms with E-state index in [1.807, 2.05) is 24.3 Å². The fourth-order valence-corrected chi connectivity index (χ4v) is 2.63. The first kappa shape index (κ1) is 11.9. The molecule has 1 aliphatic rings. The number of pyridine rings is 1. The van der Waals surface area contributed by atoms with Gasteiger partial charge in [-0.1, -0.05) is 12.1 Å². The van der Waals surface area contributed by atoms with E-state index < -0.39 is 0 Å². The molecule has 1 aromatic carbocycles. The van der Waals surface area contributed by atoms with Crippen LogP contribution >= 0.6 is 11.9 Å². The van der Waals surface area contributed by atoms with Crippen molar-refractivity contribution in [1.82, 2.24) is 4.98 Å². The molecule has 0 atom stereocenters. The molecule has 0 saturated carbocycles. The van der Waals surface area contributed by atoms with E-state index in [0.29, 0.717) is 11.6 Å². The molecule has 0 unspecified atom stereocenters. The lowest BCUT2D eigenvalue weighted by molar-refractivity contribution is 0.260. The second-order valence-corrected chi connectivity index (χ2v) is 4.86. The second kappa shape index (κ2) is 4.81. The summed E-state index contributed by atoms with van der Waals surface area (Å²) in [6.45, 7) is 0. The zero-order valence-electron chi connectivity index (χ0n) is 10.2. The van der Waals surface area contributed by atoms with Crippen LogP contribution in [0.1, 0.15) is 0 Å². The minimum Gasteiger partial charge on any atom is -0.481 e. The van der Waals surface area contributed by atoms with Crippen LogP contribution < -0.4 is 14.4 Å². The van der Waals surface area contributed by atoms with Gasteiger partial charge in [-0.05, 0) is 30.1 Å². The molecule has 3 rings (SSSR count). The van der Waals surface area contributed by atoms with Gasteiger partial charge in [-0.25, -0.2) is 14.1 Å². The molecule has 1 N–H and O–H groups in total. The molecule has 5 nitrogen and oxygen atoms in total. The monoisotopic (exact) mass is 273 g/mol. The van der Waals surface area contributed by atoms with Crippen molar-refractivity contribution < 1.29 is 9.53 Å². The van der Waals surface area contributed by atoms with Crippen LogP contribution in [0.2, 0.25) is 0 Å². The summed E-state index contributed by atoms with van der Waals surface area (Å²) >= 11 is 1.37. The van der Waals surface area contributed by atoms with Gasteiger partial charge in [0.2, 0.25) is 5.88 Å². The molecular formula is C13H11N3O2S. The number of carbonyl (C=O) groups excluding carboxylic acids is 1. The van der Waals surface area contributed by atoms with Gasteiger partial charge in [-0.2, -0.15) is 0 Å². The first-order valence-electron chi connectivity index (χ1n) is 5.66. The van der Waals surface area contributed by atoms with Gasteiger partial charge in [-0.3, -0.25) is 0 Å². The van der Waals surface area contributed by atoms with Gasteiger partial charge in [0, 0.05) is 6.07 Å². The smallest absolute Gasteiger partial charge is 0.336 e. The highest BCUT2D eigenvalue weighted by atomic mass is 32.2. The van der Waals surface area contributed by atoms with E-state index in [1.54, 1.807) is 29.7 Å². The molecule has 1 aliphatic heterocycles. The lowest BCUT2D eigenvalue weighted by atomic mass is 10.3. The Bertz CT molecular complexity index is 616. The van der Waals surface area contributed by atoms with E-state index in [0.717, 1.165) is 10.6 Å². The molecule has 6 heteroatoms. The third-order valence-electron chi connectivity index (χ3n) is 2.67. The van der Waals surface area contributed by atoms with Gasteiger partial charge in [0.15, 0.2) is 0 Å². The Morgan fingerprint density at radius 3 is 2.84 bits per heavy atom. The third kappa shape index (κ3) is 2.22. The number of hydrogen-bond acceptors (Lipinski definition) is 4. The maximum absolute atomic E-state index is 12.0. The summed E-state index contributed by atoms with van der Waals surface area (Å²) in [5.74, 6) is 0.520. The number of rotatable bonds is 2. The molecule has 2 amide bonds. The Morgan fingerprint density at radius 1 is 1.26 bits per heavy atom. The van der Waals surface area contributed by atoms with Crippen LogP contribution in [0.4, 0.5) is 16.2 Å². The minimum atomic E-state index is -0.185. The molecular weight excluding hydrogens is 262 g/mol. The van der Waals surface area contributed by atoms with E-state index in [1.165, 1.54) is 11.9 Å². The number of benzene rings is 1. The summed E-state index contributed by atoms with van der Waals surface area (Å²) in [5.41, 5.74) is 1.54. The molecule has 0 fully saturated rings. The molecule has 19 heavy (non-hydrogen) atoms. The fourth-order valence-electron chi connectivity index (χ4n) is 1.74. The number of carbonyl (C=O) groups is 1. The van der Waals surface area contributed by atoms with Crippen molar-refractivity contribution in [3.8, 4) is 5.88 Å². The van der Waals surface area contributed by atoms with Gasteiger partial charge in [-0.15, -0.1) is 0 Å². The molecule has 1 aromatic heterocycles. The van der Waals surface area contributed by atoms with E-state index in [-0.39, 0.29) is 6.03 Å². The normalized spacial score (nSPS) is 13.7. The number of anilines is 2. The summed E-state index contributed by atoms with van der Waals surface area (Å²) < 4.78 is 6.57. The summed E-state index contributed by atoms with van der Waals surface area (Å²) in [4.78, 5) is 17.2. The highest BCUT2D eigenvalue weighted by molar-refractivity contribution is 8.01. The summed E-state index contributed by atoms with van der Waals surface area (Å²) in [5, 5.41) is 2.84. The number of methoxy groups -OCH3 is 1. The number of hydrogen-bond donors (Lipinski definition) is 1.